The van der Waals surface area contributed by atoms with E-state index < -0.39 is 5.60 Å². The lowest BCUT2D eigenvalue weighted by molar-refractivity contribution is -0.0308. The molecule has 1 unspecified atom stereocenters. The van der Waals surface area contributed by atoms with Crippen LogP contribution >= 0.6 is 0 Å². The zero-order chi connectivity index (χ0) is 11.8. The molecular formula is C12H15N3O. The van der Waals surface area contributed by atoms with Gasteiger partial charge >= 0.3 is 0 Å². The minimum Gasteiger partial charge on any atom is -0.364 e. The van der Waals surface area contributed by atoms with E-state index in [9.17, 15) is 0 Å². The molecule has 1 aliphatic heterocycles. The Morgan fingerprint density at radius 2 is 2.19 bits per heavy atom. The third-order valence-electron chi connectivity index (χ3n) is 3.08. The van der Waals surface area contributed by atoms with E-state index in [1.54, 1.807) is 0 Å². The Balaban J connectivity index is 2.42. The highest BCUT2D eigenvalue weighted by Crippen LogP contribution is 2.39. The highest BCUT2D eigenvalue weighted by molar-refractivity contribution is 5.32. The SMILES string of the molecule is Cc1nc(C)c2c(n1)C(C)(CCC#N)OC2. The van der Waals surface area contributed by atoms with Crippen LogP contribution in [0.25, 0.3) is 0 Å². The molecule has 0 radical (unpaired) electrons. The van der Waals surface area contributed by atoms with Crippen molar-refractivity contribution in [2.45, 2.75) is 45.8 Å². The van der Waals surface area contributed by atoms with Gasteiger partial charge < -0.3 is 4.74 Å². The summed E-state index contributed by atoms with van der Waals surface area (Å²) in [6.07, 6.45) is 1.17. The van der Waals surface area contributed by atoms with Gasteiger partial charge in [0, 0.05) is 17.7 Å². The quantitative estimate of drug-likeness (QED) is 0.761. The smallest absolute Gasteiger partial charge is 0.125 e. The van der Waals surface area contributed by atoms with Crippen molar-refractivity contribution >= 4 is 0 Å². The van der Waals surface area contributed by atoms with E-state index in [-0.39, 0.29) is 0 Å². The molecular weight excluding hydrogens is 202 g/mol. The maximum Gasteiger partial charge on any atom is 0.125 e. The molecule has 1 atom stereocenters. The first-order chi connectivity index (χ1) is 7.57. The fourth-order valence-electron chi connectivity index (χ4n) is 2.13. The summed E-state index contributed by atoms with van der Waals surface area (Å²) in [4.78, 5) is 8.81. The van der Waals surface area contributed by atoms with E-state index in [0.717, 1.165) is 22.8 Å². The van der Waals surface area contributed by atoms with Crippen molar-refractivity contribution in [2.24, 2.45) is 0 Å². The molecule has 2 heterocycles. The number of nitrogens with zero attached hydrogens (tertiary/aromatic N) is 3. The van der Waals surface area contributed by atoms with Crippen molar-refractivity contribution in [3.63, 3.8) is 0 Å². The molecule has 0 N–H and O–H groups in total. The normalized spacial score (nSPS) is 22.9. The highest BCUT2D eigenvalue weighted by Gasteiger charge is 2.38. The van der Waals surface area contributed by atoms with Crippen LogP contribution in [0.3, 0.4) is 0 Å². The Morgan fingerprint density at radius 1 is 1.44 bits per heavy atom. The number of ether oxygens (including phenoxy) is 1. The van der Waals surface area contributed by atoms with E-state index in [2.05, 4.69) is 16.0 Å². The zero-order valence-electron chi connectivity index (χ0n) is 9.87. The predicted octanol–water partition coefficient (Wildman–Crippen LogP) is 2.14. The molecule has 1 aliphatic rings. The van der Waals surface area contributed by atoms with Crippen LogP contribution in [0.15, 0.2) is 0 Å². The third kappa shape index (κ3) is 1.68. The van der Waals surface area contributed by atoms with Crippen LogP contribution < -0.4 is 0 Å². The maximum absolute atomic E-state index is 8.66. The molecule has 2 rings (SSSR count). The minimum atomic E-state index is -0.413. The average Bonchev–Trinajstić information content (AvgIpc) is 2.55. The molecule has 0 fully saturated rings. The second-order valence-corrected chi connectivity index (χ2v) is 4.36. The van der Waals surface area contributed by atoms with Crippen molar-refractivity contribution in [3.05, 3.63) is 22.8 Å². The number of fused-ring (bicyclic) bond motifs is 1. The summed E-state index contributed by atoms with van der Waals surface area (Å²) in [5.74, 6) is 0.768. The predicted molar refractivity (Wildman–Crippen MR) is 58.5 cm³/mol. The van der Waals surface area contributed by atoms with Gasteiger partial charge in [-0.1, -0.05) is 0 Å². The first kappa shape index (κ1) is 11.0. The van der Waals surface area contributed by atoms with Crippen molar-refractivity contribution in [1.29, 1.82) is 5.26 Å². The van der Waals surface area contributed by atoms with Crippen LogP contribution in [-0.4, -0.2) is 9.97 Å². The second-order valence-electron chi connectivity index (χ2n) is 4.36. The van der Waals surface area contributed by atoms with E-state index >= 15 is 0 Å². The summed E-state index contributed by atoms with van der Waals surface area (Å²) in [7, 11) is 0. The lowest BCUT2D eigenvalue weighted by Gasteiger charge is -2.22. The topological polar surface area (TPSA) is 58.8 Å². The molecule has 84 valence electrons. The molecule has 16 heavy (non-hydrogen) atoms. The van der Waals surface area contributed by atoms with Crippen LogP contribution in [0.4, 0.5) is 0 Å². The standard InChI is InChI=1S/C12H15N3O/c1-8-10-7-16-12(3,5-4-6-13)11(10)15-9(2)14-8/h4-5,7H2,1-3H3. The molecule has 1 aromatic heterocycles. The molecule has 4 nitrogen and oxygen atoms in total. The first-order valence-electron chi connectivity index (χ1n) is 5.42. The molecule has 0 amide bonds. The van der Waals surface area contributed by atoms with Gasteiger partial charge in [-0.2, -0.15) is 5.26 Å². The van der Waals surface area contributed by atoms with Gasteiger partial charge in [-0.25, -0.2) is 9.97 Å². The molecule has 0 spiro atoms. The van der Waals surface area contributed by atoms with Crippen molar-refractivity contribution in [3.8, 4) is 6.07 Å². The van der Waals surface area contributed by atoms with Crippen LogP contribution in [0, 0.1) is 25.2 Å². The summed E-state index contributed by atoms with van der Waals surface area (Å²) in [5, 5.41) is 8.66. The number of hydrogen-bond acceptors (Lipinski definition) is 4. The van der Waals surface area contributed by atoms with Gasteiger partial charge in [0.2, 0.25) is 0 Å². The summed E-state index contributed by atoms with van der Waals surface area (Å²) >= 11 is 0. The van der Waals surface area contributed by atoms with Crippen LogP contribution in [0.2, 0.25) is 0 Å². The first-order valence-corrected chi connectivity index (χ1v) is 5.42. The van der Waals surface area contributed by atoms with Gasteiger partial charge in [0.15, 0.2) is 0 Å². The Kier molecular flexibility index (Phi) is 2.64. The van der Waals surface area contributed by atoms with Gasteiger partial charge in [0.05, 0.1) is 18.4 Å². The summed E-state index contributed by atoms with van der Waals surface area (Å²) < 4.78 is 5.80. The van der Waals surface area contributed by atoms with Crippen molar-refractivity contribution in [2.75, 3.05) is 0 Å². The van der Waals surface area contributed by atoms with Gasteiger partial charge in [-0.3, -0.25) is 0 Å². The number of nitriles is 1. The van der Waals surface area contributed by atoms with Gasteiger partial charge in [0.25, 0.3) is 0 Å². The molecule has 0 bridgehead atoms. The summed E-state index contributed by atoms with van der Waals surface area (Å²) in [5.41, 5.74) is 2.63. The Morgan fingerprint density at radius 3 is 2.88 bits per heavy atom. The van der Waals surface area contributed by atoms with Crippen LogP contribution in [0.5, 0.6) is 0 Å². The highest BCUT2D eigenvalue weighted by atomic mass is 16.5. The van der Waals surface area contributed by atoms with E-state index in [0.29, 0.717) is 19.4 Å². The molecule has 0 aliphatic carbocycles. The van der Waals surface area contributed by atoms with Gasteiger partial charge in [-0.05, 0) is 27.2 Å². The largest absolute Gasteiger partial charge is 0.364 e. The fourth-order valence-corrected chi connectivity index (χ4v) is 2.13. The summed E-state index contributed by atoms with van der Waals surface area (Å²) in [6, 6.07) is 2.16. The number of aromatic nitrogens is 2. The van der Waals surface area contributed by atoms with E-state index in [1.165, 1.54) is 0 Å². The number of aryl methyl sites for hydroxylation is 2. The third-order valence-corrected chi connectivity index (χ3v) is 3.08. The Hall–Kier alpha value is -1.47. The maximum atomic E-state index is 8.66. The molecule has 4 heteroatoms. The molecule has 1 aromatic rings. The lowest BCUT2D eigenvalue weighted by atomic mass is 9.94. The number of rotatable bonds is 2. The number of hydrogen-bond donors (Lipinski definition) is 0. The van der Waals surface area contributed by atoms with E-state index in [1.807, 2.05) is 20.8 Å². The second kappa shape index (κ2) is 3.84. The lowest BCUT2D eigenvalue weighted by Crippen LogP contribution is -2.22. The Labute approximate surface area is 95.3 Å². The molecule has 0 saturated heterocycles. The van der Waals surface area contributed by atoms with E-state index in [4.69, 9.17) is 10.00 Å². The van der Waals surface area contributed by atoms with Crippen molar-refractivity contribution in [1.82, 2.24) is 9.97 Å². The minimum absolute atomic E-state index is 0.413. The summed E-state index contributed by atoms with van der Waals surface area (Å²) in [6.45, 7) is 6.43. The fraction of sp³-hybridized carbons (Fsp3) is 0.583. The van der Waals surface area contributed by atoms with Crippen molar-refractivity contribution < 1.29 is 4.74 Å². The molecule has 0 saturated carbocycles. The average molecular weight is 217 g/mol. The van der Waals surface area contributed by atoms with Crippen LogP contribution in [0.1, 0.15) is 42.5 Å². The van der Waals surface area contributed by atoms with Gasteiger partial charge in [-0.15, -0.1) is 0 Å². The monoisotopic (exact) mass is 217 g/mol. The van der Waals surface area contributed by atoms with Crippen LogP contribution in [-0.2, 0) is 16.9 Å². The van der Waals surface area contributed by atoms with Gasteiger partial charge in [0.1, 0.15) is 11.4 Å². The molecule has 0 aromatic carbocycles. The zero-order valence-corrected chi connectivity index (χ0v) is 9.87. The Bertz CT molecular complexity index is 464.